The molecular weight excluding hydrogens is 370 g/mol. The van der Waals surface area contributed by atoms with Crippen LogP contribution in [0.2, 0.25) is 0 Å². The summed E-state index contributed by atoms with van der Waals surface area (Å²) in [4.78, 5) is 29.7. The number of hydrogen-bond acceptors (Lipinski definition) is 6. The number of hydrogen-bond donors (Lipinski definition) is 2. The van der Waals surface area contributed by atoms with Gasteiger partial charge in [-0.1, -0.05) is 0 Å². The summed E-state index contributed by atoms with van der Waals surface area (Å²) in [7, 11) is 1.59. The number of thiazole rings is 1. The van der Waals surface area contributed by atoms with Gasteiger partial charge in [-0.2, -0.15) is 0 Å². The van der Waals surface area contributed by atoms with Crippen molar-refractivity contribution in [2.45, 2.75) is 25.7 Å². The Morgan fingerprint density at radius 2 is 1.81 bits per heavy atom. The number of thioether (sulfide) groups is 1. The van der Waals surface area contributed by atoms with E-state index < -0.39 is 0 Å². The SMILES string of the molecule is COc1ccc(NC(=O)CSCC(=O)Nc2nc3c(s2)CCCC3)cc1. The second-order valence-electron chi connectivity index (χ2n) is 5.91. The summed E-state index contributed by atoms with van der Waals surface area (Å²) in [6.07, 6.45) is 4.43. The Morgan fingerprint density at radius 3 is 2.50 bits per heavy atom. The Labute approximate surface area is 160 Å². The van der Waals surface area contributed by atoms with Crippen LogP contribution in [0.25, 0.3) is 0 Å². The van der Waals surface area contributed by atoms with Crippen LogP contribution in [0.5, 0.6) is 5.75 Å². The highest BCUT2D eigenvalue weighted by atomic mass is 32.2. The van der Waals surface area contributed by atoms with Crippen LogP contribution in [0, 0.1) is 0 Å². The molecule has 1 heterocycles. The Morgan fingerprint density at radius 1 is 1.12 bits per heavy atom. The predicted molar refractivity (Wildman–Crippen MR) is 106 cm³/mol. The average Bonchev–Trinajstić information content (AvgIpc) is 3.04. The highest BCUT2D eigenvalue weighted by molar-refractivity contribution is 8.00. The fourth-order valence-corrected chi connectivity index (χ4v) is 4.35. The molecule has 1 aliphatic carbocycles. The van der Waals surface area contributed by atoms with Crippen LogP contribution in [0.15, 0.2) is 24.3 Å². The smallest absolute Gasteiger partial charge is 0.236 e. The summed E-state index contributed by atoms with van der Waals surface area (Å²) in [5, 5.41) is 6.30. The lowest BCUT2D eigenvalue weighted by atomic mass is 10.0. The Bertz CT molecular complexity index is 751. The largest absolute Gasteiger partial charge is 0.497 e. The van der Waals surface area contributed by atoms with Crippen molar-refractivity contribution in [1.29, 1.82) is 0 Å². The molecule has 0 saturated carbocycles. The number of rotatable bonds is 7. The lowest BCUT2D eigenvalue weighted by Crippen LogP contribution is -2.18. The van der Waals surface area contributed by atoms with Crippen LogP contribution in [0.1, 0.15) is 23.4 Å². The zero-order valence-electron chi connectivity index (χ0n) is 14.5. The van der Waals surface area contributed by atoms with Gasteiger partial charge in [-0.05, 0) is 49.9 Å². The van der Waals surface area contributed by atoms with Gasteiger partial charge in [0.05, 0.1) is 24.3 Å². The molecule has 0 bridgehead atoms. The molecule has 0 radical (unpaired) electrons. The summed E-state index contributed by atoms with van der Waals surface area (Å²) in [5.74, 6) is 0.905. The van der Waals surface area contributed by atoms with Crippen LogP contribution in [-0.4, -0.2) is 35.4 Å². The number of aromatic nitrogens is 1. The van der Waals surface area contributed by atoms with E-state index in [9.17, 15) is 9.59 Å². The van der Waals surface area contributed by atoms with E-state index in [0.29, 0.717) is 10.8 Å². The standard InChI is InChI=1S/C18H21N3O3S2/c1-24-13-8-6-12(7-9-13)19-16(22)10-25-11-17(23)21-18-20-14-4-2-3-5-15(14)26-18/h6-9H,2-5,10-11H2,1H3,(H,19,22)(H,20,21,23). The van der Waals surface area contributed by atoms with Crippen LogP contribution in [0.4, 0.5) is 10.8 Å². The van der Waals surface area contributed by atoms with Gasteiger partial charge in [0, 0.05) is 10.6 Å². The highest BCUT2D eigenvalue weighted by Crippen LogP contribution is 2.29. The van der Waals surface area contributed by atoms with Gasteiger partial charge >= 0.3 is 0 Å². The van der Waals surface area contributed by atoms with Gasteiger partial charge in [0.2, 0.25) is 11.8 Å². The average molecular weight is 392 g/mol. The number of nitrogens with zero attached hydrogens (tertiary/aromatic N) is 1. The first kappa shape index (κ1) is 18.7. The number of benzene rings is 1. The van der Waals surface area contributed by atoms with Gasteiger partial charge < -0.3 is 15.4 Å². The van der Waals surface area contributed by atoms with Gasteiger partial charge in [-0.3, -0.25) is 9.59 Å². The third kappa shape index (κ3) is 5.22. The minimum Gasteiger partial charge on any atom is -0.497 e. The summed E-state index contributed by atoms with van der Waals surface area (Å²) >= 11 is 2.84. The minimum atomic E-state index is -0.141. The zero-order chi connectivity index (χ0) is 18.4. The molecule has 26 heavy (non-hydrogen) atoms. The van der Waals surface area contributed by atoms with Gasteiger partial charge in [0.1, 0.15) is 5.75 Å². The molecule has 0 aliphatic heterocycles. The molecule has 0 spiro atoms. The second kappa shape index (κ2) is 9.05. The van der Waals surface area contributed by atoms with E-state index in [4.69, 9.17) is 4.74 Å². The number of carbonyl (C=O) groups is 2. The third-order valence-electron chi connectivity index (χ3n) is 3.93. The van der Waals surface area contributed by atoms with E-state index in [1.54, 1.807) is 42.7 Å². The third-order valence-corrected chi connectivity index (χ3v) is 5.94. The fourth-order valence-electron chi connectivity index (χ4n) is 2.67. The first-order valence-corrected chi connectivity index (χ1v) is 10.4. The molecule has 138 valence electrons. The Kier molecular flexibility index (Phi) is 6.51. The van der Waals surface area contributed by atoms with Crippen LogP contribution < -0.4 is 15.4 Å². The highest BCUT2D eigenvalue weighted by Gasteiger charge is 2.16. The monoisotopic (exact) mass is 391 g/mol. The molecule has 2 N–H and O–H groups in total. The fraction of sp³-hybridized carbons (Fsp3) is 0.389. The Balaban J connectivity index is 1.38. The maximum atomic E-state index is 12.0. The van der Waals surface area contributed by atoms with Crippen LogP contribution in [0.3, 0.4) is 0 Å². The van der Waals surface area contributed by atoms with Crippen molar-refractivity contribution in [1.82, 2.24) is 4.98 Å². The number of anilines is 2. The lowest BCUT2D eigenvalue weighted by Gasteiger charge is -2.06. The molecular formula is C18H21N3O3S2. The number of ether oxygens (including phenoxy) is 1. The van der Waals surface area contributed by atoms with Gasteiger partial charge in [-0.15, -0.1) is 23.1 Å². The van der Waals surface area contributed by atoms with Crippen molar-refractivity contribution >= 4 is 45.7 Å². The molecule has 0 unspecified atom stereocenters. The van der Waals surface area contributed by atoms with Gasteiger partial charge in [0.15, 0.2) is 5.13 Å². The number of aryl methyl sites for hydroxylation is 2. The molecule has 8 heteroatoms. The van der Waals surface area contributed by atoms with E-state index in [1.165, 1.54) is 29.5 Å². The minimum absolute atomic E-state index is 0.127. The number of methoxy groups -OCH3 is 1. The van der Waals surface area contributed by atoms with Crippen molar-refractivity contribution in [2.24, 2.45) is 0 Å². The van der Waals surface area contributed by atoms with E-state index in [1.807, 2.05) is 0 Å². The molecule has 6 nitrogen and oxygen atoms in total. The summed E-state index contributed by atoms with van der Waals surface area (Å²) in [6.45, 7) is 0. The normalized spacial score (nSPS) is 13.0. The molecule has 2 amide bonds. The Hall–Kier alpha value is -2.06. The predicted octanol–water partition coefficient (Wildman–Crippen LogP) is 3.34. The van der Waals surface area contributed by atoms with E-state index >= 15 is 0 Å². The zero-order valence-corrected chi connectivity index (χ0v) is 16.2. The topological polar surface area (TPSA) is 80.3 Å². The molecule has 3 rings (SSSR count). The van der Waals surface area contributed by atoms with Crippen molar-refractivity contribution in [3.05, 3.63) is 34.8 Å². The van der Waals surface area contributed by atoms with E-state index in [0.717, 1.165) is 24.3 Å². The molecule has 2 aromatic rings. The molecule has 1 aromatic heterocycles. The van der Waals surface area contributed by atoms with Crippen molar-refractivity contribution < 1.29 is 14.3 Å². The molecule has 1 aliphatic rings. The number of fused-ring (bicyclic) bond motifs is 1. The van der Waals surface area contributed by atoms with Gasteiger partial charge in [-0.25, -0.2) is 4.98 Å². The molecule has 0 fully saturated rings. The number of carbonyl (C=O) groups excluding carboxylic acids is 2. The first-order chi connectivity index (χ1) is 12.6. The second-order valence-corrected chi connectivity index (χ2v) is 7.98. The van der Waals surface area contributed by atoms with Crippen molar-refractivity contribution in [3.8, 4) is 5.75 Å². The molecule has 1 aromatic carbocycles. The summed E-state index contributed by atoms with van der Waals surface area (Å²) in [6, 6.07) is 7.12. The van der Waals surface area contributed by atoms with E-state index in [2.05, 4.69) is 15.6 Å². The number of amides is 2. The summed E-state index contributed by atoms with van der Waals surface area (Å²) < 4.78 is 5.08. The van der Waals surface area contributed by atoms with Crippen molar-refractivity contribution in [2.75, 3.05) is 29.2 Å². The number of nitrogens with one attached hydrogen (secondary N) is 2. The van der Waals surface area contributed by atoms with Crippen LogP contribution >= 0.6 is 23.1 Å². The molecule has 0 saturated heterocycles. The molecule has 0 atom stereocenters. The quantitative estimate of drug-likeness (QED) is 0.757. The van der Waals surface area contributed by atoms with Crippen LogP contribution in [-0.2, 0) is 22.4 Å². The van der Waals surface area contributed by atoms with Gasteiger partial charge in [0.25, 0.3) is 0 Å². The van der Waals surface area contributed by atoms with E-state index in [-0.39, 0.29) is 23.3 Å². The first-order valence-electron chi connectivity index (χ1n) is 8.44. The maximum Gasteiger partial charge on any atom is 0.236 e. The summed E-state index contributed by atoms with van der Waals surface area (Å²) in [5.41, 5.74) is 1.83. The lowest BCUT2D eigenvalue weighted by molar-refractivity contribution is -0.114. The maximum absolute atomic E-state index is 12.0. The van der Waals surface area contributed by atoms with Crippen molar-refractivity contribution in [3.63, 3.8) is 0 Å².